The summed E-state index contributed by atoms with van der Waals surface area (Å²) in [5.74, 6) is 0. The molecule has 0 aliphatic heterocycles. The fourth-order valence-electron chi connectivity index (χ4n) is 1.45. The maximum Gasteiger partial charge on any atom is 0.334 e. The Labute approximate surface area is 77.2 Å². The predicted molar refractivity (Wildman–Crippen MR) is 46.4 cm³/mol. The van der Waals surface area contributed by atoms with Gasteiger partial charge in [0.2, 0.25) is 0 Å². The lowest BCUT2D eigenvalue weighted by Crippen LogP contribution is -2.44. The standard InChI is InChI=1S/C6H12ClNO3S/c7-6(8-12(9,10)11)4-2-1-3-5-6/h8H,1-5H2,(H,9,10,11). The molecular weight excluding hydrogens is 202 g/mol. The van der Waals surface area contributed by atoms with Crippen LogP contribution in [-0.2, 0) is 10.3 Å². The van der Waals surface area contributed by atoms with Gasteiger partial charge in [0, 0.05) is 0 Å². The van der Waals surface area contributed by atoms with Crippen LogP contribution in [0.2, 0.25) is 0 Å². The number of nitrogens with one attached hydrogen (secondary N) is 1. The second-order valence-electron chi connectivity index (χ2n) is 3.10. The summed E-state index contributed by atoms with van der Waals surface area (Å²) in [6.45, 7) is 0. The molecule has 1 saturated carbocycles. The van der Waals surface area contributed by atoms with Crippen molar-refractivity contribution >= 4 is 21.9 Å². The summed E-state index contributed by atoms with van der Waals surface area (Å²) < 4.78 is 31.5. The minimum atomic E-state index is -4.16. The number of alkyl halides is 1. The molecule has 0 radical (unpaired) electrons. The fraction of sp³-hybridized carbons (Fsp3) is 1.00. The summed E-state index contributed by atoms with van der Waals surface area (Å²) in [6.07, 6.45) is 4.02. The first-order chi connectivity index (χ1) is 5.41. The molecule has 0 aromatic heterocycles. The van der Waals surface area contributed by atoms with E-state index in [0.717, 1.165) is 19.3 Å². The Hall–Kier alpha value is 0.160. The van der Waals surface area contributed by atoms with Gasteiger partial charge in [-0.05, 0) is 12.8 Å². The average molecular weight is 214 g/mol. The Bertz CT molecular complexity index is 246. The monoisotopic (exact) mass is 213 g/mol. The SMILES string of the molecule is O=S(=O)(O)NC1(Cl)CCCCC1. The Kier molecular flexibility index (Phi) is 2.98. The Balaban J connectivity index is 2.59. The Morgan fingerprint density at radius 1 is 1.25 bits per heavy atom. The van der Waals surface area contributed by atoms with Gasteiger partial charge in [-0.15, -0.1) is 11.6 Å². The first kappa shape index (κ1) is 10.2. The molecule has 0 spiro atoms. The maximum absolute atomic E-state index is 10.5. The average Bonchev–Trinajstić information content (AvgIpc) is 1.83. The highest BCUT2D eigenvalue weighted by molar-refractivity contribution is 7.83. The molecular formula is C6H12ClNO3S. The Morgan fingerprint density at radius 3 is 2.17 bits per heavy atom. The van der Waals surface area contributed by atoms with E-state index in [1.165, 1.54) is 0 Å². The van der Waals surface area contributed by atoms with Crippen LogP contribution in [0.15, 0.2) is 0 Å². The largest absolute Gasteiger partial charge is 0.334 e. The second kappa shape index (κ2) is 3.49. The summed E-state index contributed by atoms with van der Waals surface area (Å²) in [4.78, 5) is -0.953. The van der Waals surface area contributed by atoms with Gasteiger partial charge in [-0.1, -0.05) is 19.3 Å². The van der Waals surface area contributed by atoms with E-state index < -0.39 is 15.3 Å². The molecule has 12 heavy (non-hydrogen) atoms. The molecule has 0 bridgehead atoms. The molecule has 1 rings (SSSR count). The van der Waals surface area contributed by atoms with Crippen molar-refractivity contribution in [2.75, 3.05) is 0 Å². The highest BCUT2D eigenvalue weighted by atomic mass is 35.5. The van der Waals surface area contributed by atoms with Crippen molar-refractivity contribution in [2.24, 2.45) is 0 Å². The summed E-state index contributed by atoms with van der Waals surface area (Å²) >= 11 is 5.91. The van der Waals surface area contributed by atoms with Crippen molar-refractivity contribution in [3.63, 3.8) is 0 Å². The summed E-state index contributed by atoms with van der Waals surface area (Å²) in [6, 6.07) is 0. The van der Waals surface area contributed by atoms with Gasteiger partial charge in [0.25, 0.3) is 0 Å². The van der Waals surface area contributed by atoms with Crippen molar-refractivity contribution < 1.29 is 13.0 Å². The molecule has 0 aromatic carbocycles. The van der Waals surface area contributed by atoms with Crippen LogP contribution >= 0.6 is 11.6 Å². The van der Waals surface area contributed by atoms with E-state index in [0.29, 0.717) is 12.8 Å². The molecule has 6 heteroatoms. The van der Waals surface area contributed by atoms with E-state index in [2.05, 4.69) is 0 Å². The van der Waals surface area contributed by atoms with Crippen LogP contribution in [-0.4, -0.2) is 18.0 Å². The van der Waals surface area contributed by atoms with Crippen molar-refractivity contribution in [3.05, 3.63) is 0 Å². The third kappa shape index (κ3) is 3.26. The van der Waals surface area contributed by atoms with Crippen LogP contribution in [0, 0.1) is 0 Å². The third-order valence-corrected chi connectivity index (χ3v) is 3.19. The quantitative estimate of drug-likeness (QED) is 0.413. The molecule has 0 amide bonds. The zero-order chi connectivity index (χ0) is 9.24. The molecule has 2 N–H and O–H groups in total. The first-order valence-electron chi connectivity index (χ1n) is 3.87. The van der Waals surface area contributed by atoms with Gasteiger partial charge >= 0.3 is 10.3 Å². The lowest BCUT2D eigenvalue weighted by molar-refractivity contribution is 0.353. The van der Waals surface area contributed by atoms with E-state index in [9.17, 15) is 8.42 Å². The molecule has 1 aliphatic rings. The molecule has 1 fully saturated rings. The van der Waals surface area contributed by atoms with Crippen LogP contribution in [0.5, 0.6) is 0 Å². The Morgan fingerprint density at radius 2 is 1.75 bits per heavy atom. The van der Waals surface area contributed by atoms with Gasteiger partial charge in [-0.2, -0.15) is 13.1 Å². The smallest absolute Gasteiger partial charge is 0.273 e. The summed E-state index contributed by atoms with van der Waals surface area (Å²) in [5.41, 5.74) is 0. The van der Waals surface area contributed by atoms with Gasteiger partial charge in [-0.3, -0.25) is 4.55 Å². The highest BCUT2D eigenvalue weighted by Crippen LogP contribution is 2.31. The van der Waals surface area contributed by atoms with Crippen molar-refractivity contribution in [1.82, 2.24) is 4.72 Å². The number of hydrogen-bond acceptors (Lipinski definition) is 2. The molecule has 0 atom stereocenters. The van der Waals surface area contributed by atoms with Gasteiger partial charge in [0.05, 0.1) is 0 Å². The molecule has 0 heterocycles. The summed E-state index contributed by atoms with van der Waals surface area (Å²) in [5, 5.41) is 0. The van der Waals surface area contributed by atoms with Gasteiger partial charge in [0.1, 0.15) is 5.00 Å². The van der Waals surface area contributed by atoms with E-state index in [4.69, 9.17) is 16.2 Å². The van der Waals surface area contributed by atoms with Crippen LogP contribution in [0.1, 0.15) is 32.1 Å². The van der Waals surface area contributed by atoms with Crippen molar-refractivity contribution in [3.8, 4) is 0 Å². The van der Waals surface area contributed by atoms with E-state index in [1.54, 1.807) is 0 Å². The van der Waals surface area contributed by atoms with Crippen molar-refractivity contribution in [1.29, 1.82) is 0 Å². The van der Waals surface area contributed by atoms with Gasteiger partial charge < -0.3 is 0 Å². The fourth-order valence-corrected chi connectivity index (χ4v) is 2.67. The normalized spacial score (nSPS) is 23.8. The van der Waals surface area contributed by atoms with Gasteiger partial charge in [0.15, 0.2) is 0 Å². The molecule has 1 aliphatic carbocycles. The van der Waals surface area contributed by atoms with Gasteiger partial charge in [-0.25, -0.2) is 0 Å². The molecule has 0 saturated heterocycles. The molecule has 0 unspecified atom stereocenters. The lowest BCUT2D eigenvalue weighted by Gasteiger charge is -2.30. The number of rotatable bonds is 2. The topological polar surface area (TPSA) is 66.4 Å². The third-order valence-electron chi connectivity index (χ3n) is 1.96. The molecule has 0 aromatic rings. The lowest BCUT2D eigenvalue weighted by atomic mass is 9.96. The molecule has 72 valence electrons. The van der Waals surface area contributed by atoms with E-state index >= 15 is 0 Å². The van der Waals surface area contributed by atoms with Crippen LogP contribution < -0.4 is 4.72 Å². The summed E-state index contributed by atoms with van der Waals surface area (Å²) in [7, 11) is -4.16. The maximum atomic E-state index is 10.5. The zero-order valence-electron chi connectivity index (χ0n) is 6.59. The van der Waals surface area contributed by atoms with E-state index in [1.807, 2.05) is 4.72 Å². The van der Waals surface area contributed by atoms with Crippen LogP contribution in [0.3, 0.4) is 0 Å². The van der Waals surface area contributed by atoms with Crippen LogP contribution in [0.25, 0.3) is 0 Å². The number of hydrogen-bond donors (Lipinski definition) is 2. The molecule has 4 nitrogen and oxygen atoms in total. The predicted octanol–water partition coefficient (Wildman–Crippen LogP) is 1.28. The minimum absolute atomic E-state index is 0.578. The van der Waals surface area contributed by atoms with Crippen LogP contribution in [0.4, 0.5) is 0 Å². The van der Waals surface area contributed by atoms with E-state index in [-0.39, 0.29) is 0 Å². The minimum Gasteiger partial charge on any atom is -0.273 e. The number of halogens is 1. The zero-order valence-corrected chi connectivity index (χ0v) is 8.16. The van der Waals surface area contributed by atoms with Crippen molar-refractivity contribution in [2.45, 2.75) is 37.1 Å². The highest BCUT2D eigenvalue weighted by Gasteiger charge is 2.32. The second-order valence-corrected chi connectivity index (χ2v) is 4.98. The first-order valence-corrected chi connectivity index (χ1v) is 5.68.